The molecule has 0 saturated heterocycles. The van der Waals surface area contributed by atoms with E-state index in [2.05, 4.69) is 5.32 Å². The van der Waals surface area contributed by atoms with E-state index < -0.39 is 5.41 Å². The molecule has 0 aromatic heterocycles. The summed E-state index contributed by atoms with van der Waals surface area (Å²) in [7, 11) is 3.25. The first-order chi connectivity index (χ1) is 11.1. The molecule has 0 unspecified atom stereocenters. The van der Waals surface area contributed by atoms with E-state index in [1.165, 1.54) is 0 Å². The number of rotatable bonds is 5. The van der Waals surface area contributed by atoms with Gasteiger partial charge in [-0.3, -0.25) is 4.79 Å². The predicted octanol–water partition coefficient (Wildman–Crippen LogP) is 3.68. The summed E-state index contributed by atoms with van der Waals surface area (Å²) >= 11 is 0. The van der Waals surface area contributed by atoms with Crippen LogP contribution in [0.2, 0.25) is 0 Å². The quantitative estimate of drug-likeness (QED) is 0.916. The van der Waals surface area contributed by atoms with Gasteiger partial charge in [0.2, 0.25) is 5.91 Å². The van der Waals surface area contributed by atoms with Gasteiger partial charge < -0.3 is 14.8 Å². The Morgan fingerprint density at radius 2 is 1.74 bits per heavy atom. The molecule has 0 radical (unpaired) electrons. The average molecular weight is 311 g/mol. The lowest BCUT2D eigenvalue weighted by atomic mass is 9.94. The second-order valence-corrected chi connectivity index (χ2v) is 5.97. The fraction of sp³-hybridized carbons (Fsp3) is 0.316. The number of methoxy groups -OCH3 is 2. The van der Waals surface area contributed by atoms with Gasteiger partial charge in [-0.2, -0.15) is 0 Å². The Bertz CT molecular complexity index is 718. The zero-order chi connectivity index (χ0) is 16.4. The molecule has 3 rings (SSSR count). The van der Waals surface area contributed by atoms with Crippen molar-refractivity contribution in [1.82, 2.24) is 0 Å². The van der Waals surface area contributed by atoms with E-state index in [9.17, 15) is 4.79 Å². The van der Waals surface area contributed by atoms with Crippen molar-refractivity contribution in [3.05, 3.63) is 53.6 Å². The molecular formula is C19H21NO3. The van der Waals surface area contributed by atoms with Crippen LogP contribution in [0.15, 0.2) is 42.5 Å². The van der Waals surface area contributed by atoms with Crippen LogP contribution >= 0.6 is 0 Å². The molecule has 1 N–H and O–H groups in total. The maximum Gasteiger partial charge on any atom is 0.235 e. The van der Waals surface area contributed by atoms with Crippen LogP contribution in [0.3, 0.4) is 0 Å². The van der Waals surface area contributed by atoms with Gasteiger partial charge in [0.25, 0.3) is 0 Å². The van der Waals surface area contributed by atoms with E-state index in [0.717, 1.165) is 35.4 Å². The van der Waals surface area contributed by atoms with Gasteiger partial charge in [-0.25, -0.2) is 0 Å². The Labute approximate surface area is 136 Å². The van der Waals surface area contributed by atoms with E-state index >= 15 is 0 Å². The van der Waals surface area contributed by atoms with Crippen molar-refractivity contribution in [3.63, 3.8) is 0 Å². The topological polar surface area (TPSA) is 47.6 Å². The summed E-state index contributed by atoms with van der Waals surface area (Å²) in [6, 6.07) is 13.5. The number of aryl methyl sites for hydroxylation is 1. The van der Waals surface area contributed by atoms with Gasteiger partial charge >= 0.3 is 0 Å². The second-order valence-electron chi connectivity index (χ2n) is 5.97. The third-order valence-electron chi connectivity index (χ3n) is 4.43. The summed E-state index contributed by atoms with van der Waals surface area (Å²) in [5.41, 5.74) is 2.40. The Morgan fingerprint density at radius 1 is 1.04 bits per heavy atom. The first-order valence-electron chi connectivity index (χ1n) is 7.70. The normalized spacial score (nSPS) is 14.9. The summed E-state index contributed by atoms with van der Waals surface area (Å²) in [4.78, 5) is 12.8. The van der Waals surface area contributed by atoms with Crippen LogP contribution in [0, 0.1) is 6.92 Å². The SMILES string of the molecule is COc1ccc(C2(C(=O)Nc3cc(C)ccc3OC)CC2)cc1. The molecule has 2 aromatic carbocycles. The van der Waals surface area contributed by atoms with E-state index in [1.807, 2.05) is 49.4 Å². The number of carbonyl (C=O) groups excluding carboxylic acids is 1. The fourth-order valence-electron chi connectivity index (χ4n) is 2.84. The van der Waals surface area contributed by atoms with Crippen LogP contribution in [0.5, 0.6) is 11.5 Å². The number of carbonyl (C=O) groups is 1. The second kappa shape index (κ2) is 5.95. The molecule has 23 heavy (non-hydrogen) atoms. The molecule has 0 heterocycles. The molecule has 4 heteroatoms. The minimum Gasteiger partial charge on any atom is -0.497 e. The van der Waals surface area contributed by atoms with Crippen LogP contribution in [0.25, 0.3) is 0 Å². The summed E-state index contributed by atoms with van der Waals surface area (Å²) < 4.78 is 10.5. The molecule has 0 atom stereocenters. The van der Waals surface area contributed by atoms with Gasteiger partial charge in [0, 0.05) is 0 Å². The van der Waals surface area contributed by atoms with Crippen molar-refractivity contribution in [1.29, 1.82) is 0 Å². The Morgan fingerprint density at radius 3 is 2.30 bits per heavy atom. The fourth-order valence-corrected chi connectivity index (χ4v) is 2.84. The van der Waals surface area contributed by atoms with Crippen LogP contribution in [0.1, 0.15) is 24.0 Å². The van der Waals surface area contributed by atoms with Gasteiger partial charge in [0.15, 0.2) is 0 Å². The van der Waals surface area contributed by atoms with Crippen LogP contribution < -0.4 is 14.8 Å². The standard InChI is InChI=1S/C19H21NO3/c1-13-4-9-17(23-3)16(12-13)20-18(21)19(10-11-19)14-5-7-15(22-2)8-6-14/h4-9,12H,10-11H2,1-3H3,(H,20,21). The Kier molecular flexibility index (Phi) is 3.99. The van der Waals surface area contributed by atoms with Crippen molar-refractivity contribution in [2.75, 3.05) is 19.5 Å². The molecule has 0 spiro atoms. The summed E-state index contributed by atoms with van der Waals surface area (Å²) in [5, 5.41) is 3.04. The molecule has 1 aliphatic rings. The van der Waals surface area contributed by atoms with Gasteiger partial charge in [-0.15, -0.1) is 0 Å². The summed E-state index contributed by atoms with van der Waals surface area (Å²) in [6.45, 7) is 1.99. The average Bonchev–Trinajstić information content (AvgIpc) is 3.37. The van der Waals surface area contributed by atoms with Crippen LogP contribution in [0.4, 0.5) is 5.69 Å². The van der Waals surface area contributed by atoms with Gasteiger partial charge in [-0.1, -0.05) is 18.2 Å². The van der Waals surface area contributed by atoms with E-state index in [4.69, 9.17) is 9.47 Å². The zero-order valence-corrected chi connectivity index (χ0v) is 13.7. The van der Waals surface area contributed by atoms with E-state index in [-0.39, 0.29) is 5.91 Å². The van der Waals surface area contributed by atoms with Crippen molar-refractivity contribution < 1.29 is 14.3 Å². The number of anilines is 1. The summed E-state index contributed by atoms with van der Waals surface area (Å²) in [6.07, 6.45) is 1.72. The third kappa shape index (κ3) is 2.89. The van der Waals surface area contributed by atoms with Crippen molar-refractivity contribution in [2.45, 2.75) is 25.2 Å². The lowest BCUT2D eigenvalue weighted by Gasteiger charge is -2.18. The van der Waals surface area contributed by atoms with Gasteiger partial charge in [0.05, 0.1) is 25.3 Å². The third-order valence-corrected chi connectivity index (χ3v) is 4.43. The van der Waals surface area contributed by atoms with Gasteiger partial charge in [-0.05, 0) is 55.2 Å². The lowest BCUT2D eigenvalue weighted by Crippen LogP contribution is -2.28. The predicted molar refractivity (Wildman–Crippen MR) is 90.3 cm³/mol. The molecule has 4 nitrogen and oxygen atoms in total. The van der Waals surface area contributed by atoms with Gasteiger partial charge in [0.1, 0.15) is 11.5 Å². The zero-order valence-electron chi connectivity index (χ0n) is 13.7. The maximum atomic E-state index is 12.8. The molecular weight excluding hydrogens is 290 g/mol. The van der Waals surface area contributed by atoms with Crippen molar-refractivity contribution in [3.8, 4) is 11.5 Å². The number of amides is 1. The molecule has 0 bridgehead atoms. The smallest absolute Gasteiger partial charge is 0.235 e. The minimum absolute atomic E-state index is 0.0200. The van der Waals surface area contributed by atoms with E-state index in [0.29, 0.717) is 5.75 Å². The summed E-state index contributed by atoms with van der Waals surface area (Å²) in [5.74, 6) is 1.49. The number of nitrogens with one attached hydrogen (secondary N) is 1. The molecule has 1 amide bonds. The highest BCUT2D eigenvalue weighted by molar-refractivity contribution is 6.02. The van der Waals surface area contributed by atoms with Crippen molar-refractivity contribution >= 4 is 11.6 Å². The number of hydrogen-bond donors (Lipinski definition) is 1. The maximum absolute atomic E-state index is 12.8. The first-order valence-corrected chi connectivity index (χ1v) is 7.70. The largest absolute Gasteiger partial charge is 0.497 e. The Hall–Kier alpha value is -2.49. The molecule has 0 aliphatic heterocycles. The molecule has 120 valence electrons. The minimum atomic E-state index is -0.430. The van der Waals surface area contributed by atoms with E-state index in [1.54, 1.807) is 14.2 Å². The molecule has 2 aromatic rings. The van der Waals surface area contributed by atoms with Crippen LogP contribution in [-0.2, 0) is 10.2 Å². The number of hydrogen-bond acceptors (Lipinski definition) is 3. The first kappa shape index (κ1) is 15.4. The number of benzene rings is 2. The molecule has 1 fully saturated rings. The Balaban J connectivity index is 1.84. The molecule has 1 saturated carbocycles. The highest BCUT2D eigenvalue weighted by Gasteiger charge is 2.51. The lowest BCUT2D eigenvalue weighted by molar-refractivity contribution is -0.118. The van der Waals surface area contributed by atoms with Crippen molar-refractivity contribution in [2.24, 2.45) is 0 Å². The highest BCUT2D eigenvalue weighted by atomic mass is 16.5. The highest BCUT2D eigenvalue weighted by Crippen LogP contribution is 2.49. The number of ether oxygens (including phenoxy) is 2. The monoisotopic (exact) mass is 311 g/mol. The molecule has 1 aliphatic carbocycles. The van der Waals surface area contributed by atoms with Crippen LogP contribution in [-0.4, -0.2) is 20.1 Å².